The summed E-state index contributed by atoms with van der Waals surface area (Å²) < 4.78 is 10.4. The lowest BCUT2D eigenvalue weighted by atomic mass is 10.1. The summed E-state index contributed by atoms with van der Waals surface area (Å²) in [7, 11) is 0. The van der Waals surface area contributed by atoms with E-state index in [0.717, 1.165) is 70.6 Å². The highest BCUT2D eigenvalue weighted by Crippen LogP contribution is 2.08. The van der Waals surface area contributed by atoms with Crippen LogP contribution in [0.2, 0.25) is 0 Å². The van der Waals surface area contributed by atoms with Crippen LogP contribution in [0.25, 0.3) is 0 Å². The summed E-state index contributed by atoms with van der Waals surface area (Å²) in [6, 6.07) is 0. The Morgan fingerprint density at radius 3 is 1.49 bits per heavy atom. The Balaban J connectivity index is 3.76. The van der Waals surface area contributed by atoms with E-state index in [-0.39, 0.29) is 31.6 Å². The van der Waals surface area contributed by atoms with Crippen LogP contribution in [0.1, 0.15) is 123 Å². The Morgan fingerprint density at radius 1 is 0.558 bits per heavy atom. The Kier molecular flexibility index (Phi) is 31.3. The van der Waals surface area contributed by atoms with E-state index in [4.69, 9.17) is 9.47 Å². The van der Waals surface area contributed by atoms with Crippen LogP contribution in [0.5, 0.6) is 0 Å². The van der Waals surface area contributed by atoms with Crippen molar-refractivity contribution < 1.29 is 24.2 Å². The summed E-state index contributed by atoms with van der Waals surface area (Å²) >= 11 is 0. The van der Waals surface area contributed by atoms with E-state index in [0.29, 0.717) is 12.8 Å². The monoisotopic (exact) mass is 596 g/mol. The minimum atomic E-state index is -0.801. The fraction of sp³-hybridized carbons (Fsp3) is 0.579. The number of carbonyl (C=O) groups is 2. The van der Waals surface area contributed by atoms with Crippen molar-refractivity contribution in [3.63, 3.8) is 0 Å². The lowest BCUT2D eigenvalue weighted by Gasteiger charge is -2.15. The van der Waals surface area contributed by atoms with E-state index >= 15 is 0 Å². The van der Waals surface area contributed by atoms with Crippen molar-refractivity contribution in [2.75, 3.05) is 13.2 Å². The second-order valence-corrected chi connectivity index (χ2v) is 10.5. The van der Waals surface area contributed by atoms with Gasteiger partial charge in [-0.1, -0.05) is 131 Å². The second kappa shape index (κ2) is 33.6. The Hall–Kier alpha value is -2.92. The molecule has 1 atom stereocenters. The van der Waals surface area contributed by atoms with Gasteiger partial charge in [-0.05, 0) is 64.2 Å². The van der Waals surface area contributed by atoms with Crippen LogP contribution < -0.4 is 0 Å². The molecule has 0 rings (SSSR count). The predicted octanol–water partition coefficient (Wildman–Crippen LogP) is 10.00. The minimum Gasteiger partial charge on any atom is -0.462 e. The van der Waals surface area contributed by atoms with Crippen molar-refractivity contribution in [2.24, 2.45) is 0 Å². The smallest absolute Gasteiger partial charge is 0.306 e. The molecule has 1 unspecified atom stereocenters. The molecular formula is C38H60O5. The molecule has 0 aliphatic rings. The quantitative estimate of drug-likeness (QED) is 0.0553. The number of aliphatic hydroxyl groups is 1. The maximum atomic E-state index is 12.0. The molecule has 0 aliphatic heterocycles. The summed E-state index contributed by atoms with van der Waals surface area (Å²) in [4.78, 5) is 23.9. The van der Waals surface area contributed by atoms with Gasteiger partial charge in [-0.2, -0.15) is 0 Å². The third kappa shape index (κ3) is 31.8. The molecule has 5 heteroatoms. The highest BCUT2D eigenvalue weighted by molar-refractivity contribution is 5.70. The average Bonchev–Trinajstić information content (AvgIpc) is 3.01. The second-order valence-electron chi connectivity index (χ2n) is 10.5. The Labute approximate surface area is 263 Å². The first-order valence-electron chi connectivity index (χ1n) is 16.6. The van der Waals surface area contributed by atoms with E-state index < -0.39 is 6.10 Å². The van der Waals surface area contributed by atoms with Crippen molar-refractivity contribution in [1.29, 1.82) is 0 Å². The van der Waals surface area contributed by atoms with E-state index in [1.807, 2.05) is 0 Å². The number of ether oxygens (including phenoxy) is 2. The molecule has 0 aromatic heterocycles. The van der Waals surface area contributed by atoms with Crippen molar-refractivity contribution in [2.45, 2.75) is 129 Å². The van der Waals surface area contributed by atoms with Gasteiger partial charge in [-0.3, -0.25) is 9.59 Å². The molecule has 0 saturated heterocycles. The lowest BCUT2D eigenvalue weighted by Crippen LogP contribution is -2.28. The number of hydrogen-bond donors (Lipinski definition) is 1. The van der Waals surface area contributed by atoms with E-state index in [1.54, 1.807) is 0 Å². The number of unbranched alkanes of at least 4 members (excludes halogenated alkanes) is 6. The number of carbonyl (C=O) groups excluding carboxylic acids is 2. The van der Waals surface area contributed by atoms with Crippen molar-refractivity contribution in [3.05, 3.63) is 85.1 Å². The van der Waals surface area contributed by atoms with Crippen LogP contribution in [0.4, 0.5) is 0 Å². The van der Waals surface area contributed by atoms with Crippen LogP contribution in [0.3, 0.4) is 0 Å². The molecule has 242 valence electrons. The molecule has 43 heavy (non-hydrogen) atoms. The molecule has 0 aromatic rings. The van der Waals surface area contributed by atoms with Crippen LogP contribution in [0.15, 0.2) is 85.1 Å². The SMILES string of the molecule is CC/C=C\C/C=C\C/C=C\C/C=C\C/C=C\C/C=C\C/C=C\CCCC(=O)OC(CO)COC(=O)CCCCCCCC. The predicted molar refractivity (Wildman–Crippen MR) is 182 cm³/mol. The van der Waals surface area contributed by atoms with E-state index in [2.05, 4.69) is 98.9 Å². The Bertz CT molecular complexity index is 860. The lowest BCUT2D eigenvalue weighted by molar-refractivity contribution is -0.161. The van der Waals surface area contributed by atoms with Crippen LogP contribution in [0, 0.1) is 0 Å². The summed E-state index contributed by atoms with van der Waals surface area (Å²) in [5.41, 5.74) is 0. The summed E-state index contributed by atoms with van der Waals surface area (Å²) in [6.45, 7) is 3.87. The molecule has 0 bridgehead atoms. The molecule has 0 fully saturated rings. The largest absolute Gasteiger partial charge is 0.462 e. The molecule has 0 aliphatic carbocycles. The molecule has 0 radical (unpaired) electrons. The topological polar surface area (TPSA) is 72.8 Å². The molecule has 5 nitrogen and oxygen atoms in total. The molecule has 0 heterocycles. The van der Waals surface area contributed by atoms with Crippen LogP contribution in [-0.2, 0) is 19.1 Å². The molecule has 0 aromatic carbocycles. The third-order valence-electron chi connectivity index (χ3n) is 6.45. The highest BCUT2D eigenvalue weighted by atomic mass is 16.6. The van der Waals surface area contributed by atoms with Crippen LogP contribution in [-0.4, -0.2) is 36.4 Å². The summed E-state index contributed by atoms with van der Waals surface area (Å²) in [5.74, 6) is -0.682. The fourth-order valence-electron chi connectivity index (χ4n) is 3.95. The van der Waals surface area contributed by atoms with E-state index in [9.17, 15) is 14.7 Å². The van der Waals surface area contributed by atoms with E-state index in [1.165, 1.54) is 19.3 Å². The molecular weight excluding hydrogens is 536 g/mol. The number of aliphatic hydroxyl groups excluding tert-OH is 1. The molecule has 0 saturated carbocycles. The zero-order valence-corrected chi connectivity index (χ0v) is 27.2. The van der Waals surface area contributed by atoms with Gasteiger partial charge in [0.25, 0.3) is 0 Å². The van der Waals surface area contributed by atoms with Gasteiger partial charge in [0.2, 0.25) is 0 Å². The molecule has 1 N–H and O–H groups in total. The summed E-state index contributed by atoms with van der Waals surface area (Å²) in [6.07, 6.45) is 45.2. The number of allylic oxidation sites excluding steroid dienone is 14. The zero-order valence-electron chi connectivity index (χ0n) is 27.2. The van der Waals surface area contributed by atoms with Crippen molar-refractivity contribution >= 4 is 11.9 Å². The first-order valence-corrected chi connectivity index (χ1v) is 16.6. The standard InChI is InChI=1S/C38H60O5/c1-3-5-7-9-11-12-13-14-15-16-17-18-19-20-21-22-23-24-25-26-27-29-31-33-38(41)43-36(34-39)35-42-37(40)32-30-28-10-8-6-4-2/h5,7,11-12,14-15,17-18,20-21,23-24,26-27,36,39H,3-4,6,8-10,13,16,19,22,25,28-35H2,1-2H3/b7-5-,12-11-,15-14-,18-17-,21-20-,24-23-,27-26-. The van der Waals surface area contributed by atoms with Crippen molar-refractivity contribution in [1.82, 2.24) is 0 Å². The normalized spacial score (nSPS) is 13.3. The van der Waals surface area contributed by atoms with Gasteiger partial charge in [-0.25, -0.2) is 0 Å². The first kappa shape index (κ1) is 40.1. The molecule has 0 spiro atoms. The van der Waals surface area contributed by atoms with Gasteiger partial charge in [0.15, 0.2) is 6.10 Å². The number of esters is 2. The van der Waals surface area contributed by atoms with Crippen molar-refractivity contribution in [3.8, 4) is 0 Å². The zero-order chi connectivity index (χ0) is 31.5. The van der Waals surface area contributed by atoms with Gasteiger partial charge in [0, 0.05) is 12.8 Å². The van der Waals surface area contributed by atoms with Gasteiger partial charge in [0.05, 0.1) is 6.61 Å². The first-order chi connectivity index (χ1) is 21.1. The number of rotatable bonds is 28. The van der Waals surface area contributed by atoms with Gasteiger partial charge in [-0.15, -0.1) is 0 Å². The van der Waals surface area contributed by atoms with Gasteiger partial charge < -0.3 is 14.6 Å². The molecule has 0 amide bonds. The van der Waals surface area contributed by atoms with Crippen LogP contribution >= 0.6 is 0 Å². The van der Waals surface area contributed by atoms with Gasteiger partial charge >= 0.3 is 11.9 Å². The maximum Gasteiger partial charge on any atom is 0.306 e. The minimum absolute atomic E-state index is 0.0945. The third-order valence-corrected chi connectivity index (χ3v) is 6.45. The van der Waals surface area contributed by atoms with Gasteiger partial charge in [0.1, 0.15) is 6.61 Å². The number of hydrogen-bond acceptors (Lipinski definition) is 5. The summed E-state index contributed by atoms with van der Waals surface area (Å²) in [5, 5.41) is 9.44. The Morgan fingerprint density at radius 2 is 1.00 bits per heavy atom. The average molecular weight is 597 g/mol. The highest BCUT2D eigenvalue weighted by Gasteiger charge is 2.15. The maximum absolute atomic E-state index is 12.0. The fourth-order valence-corrected chi connectivity index (χ4v) is 3.95.